The van der Waals surface area contributed by atoms with Crippen LogP contribution < -0.4 is 0 Å². The summed E-state index contributed by atoms with van der Waals surface area (Å²) >= 11 is 1.02. The Kier molecular flexibility index (Phi) is 9.99. The largest absolute Gasteiger partial charge is 0.460 e. The first-order chi connectivity index (χ1) is 14.7. The predicted octanol–water partition coefficient (Wildman–Crippen LogP) is 9.16. The fourth-order valence-corrected chi connectivity index (χ4v) is 3.49. The Morgan fingerprint density at radius 3 is 1.21 bits per heavy atom. The van der Waals surface area contributed by atoms with Gasteiger partial charge in [0.25, 0.3) is 0 Å². The lowest BCUT2D eigenvalue weighted by Gasteiger charge is -2.43. The molecular weight excluding hydrogens is 642 g/mol. The molecule has 0 aromatic rings. The van der Waals surface area contributed by atoms with Gasteiger partial charge in [0.2, 0.25) is 0 Å². The van der Waals surface area contributed by atoms with Crippen LogP contribution in [0.15, 0.2) is 0 Å². The van der Waals surface area contributed by atoms with Gasteiger partial charge in [-0.3, -0.25) is 0 Å². The molecule has 0 heterocycles. The summed E-state index contributed by atoms with van der Waals surface area (Å²) in [6.45, 7) is 1.71. The van der Waals surface area contributed by atoms with Crippen molar-refractivity contribution in [2.45, 2.75) is 97.0 Å². The fourth-order valence-electron chi connectivity index (χ4n) is 2.50. The highest BCUT2D eigenvalue weighted by molar-refractivity contribution is 14.1. The van der Waals surface area contributed by atoms with E-state index in [9.17, 15) is 74.6 Å². The molecular formula is C16H16F17I. The molecule has 0 saturated heterocycles. The summed E-state index contributed by atoms with van der Waals surface area (Å²) in [6.07, 6.45) is -8.92. The minimum Gasteiger partial charge on any atom is -0.200 e. The minimum atomic E-state index is -8.58. The molecule has 0 aliphatic rings. The van der Waals surface area contributed by atoms with Crippen LogP contribution in [0.5, 0.6) is 0 Å². The van der Waals surface area contributed by atoms with Gasteiger partial charge in [-0.05, 0) is 6.42 Å². The third-order valence-corrected chi connectivity index (χ3v) is 5.70. The highest BCUT2D eigenvalue weighted by atomic mass is 127. The van der Waals surface area contributed by atoms with Crippen molar-refractivity contribution >= 4 is 22.6 Å². The second kappa shape index (κ2) is 10.1. The van der Waals surface area contributed by atoms with E-state index < -0.39 is 58.0 Å². The molecule has 34 heavy (non-hydrogen) atoms. The summed E-state index contributed by atoms with van der Waals surface area (Å²) in [5.74, 6) is -55.8. The molecule has 0 aromatic carbocycles. The molecule has 0 rings (SSSR count). The second-order valence-electron chi connectivity index (χ2n) is 7.30. The first-order valence-corrected chi connectivity index (χ1v) is 10.3. The lowest BCUT2D eigenvalue weighted by atomic mass is 9.87. The number of rotatable bonds is 13. The number of hydrogen-bond acceptors (Lipinski definition) is 0. The molecule has 0 nitrogen and oxygen atoms in total. The van der Waals surface area contributed by atoms with Crippen molar-refractivity contribution in [3.63, 3.8) is 0 Å². The zero-order valence-corrected chi connectivity index (χ0v) is 18.8. The number of alkyl halides is 18. The summed E-state index contributed by atoms with van der Waals surface area (Å²) in [4.78, 5) is 0. The van der Waals surface area contributed by atoms with Crippen molar-refractivity contribution < 1.29 is 74.6 Å². The predicted molar refractivity (Wildman–Crippen MR) is 91.9 cm³/mol. The average molecular weight is 658 g/mol. The SMILES string of the molecule is CCCCCCC(I)CC(F)(F)C(F)(F)C(F)(F)C(F)(F)C(F)(F)C(F)(F)C(F)(F)C(F)(F)F. The monoisotopic (exact) mass is 658 g/mol. The first kappa shape index (κ1) is 33.5. The van der Waals surface area contributed by atoms with Gasteiger partial charge in [-0.2, -0.15) is 74.6 Å². The highest BCUT2D eigenvalue weighted by Crippen LogP contribution is 2.64. The Hall–Kier alpha value is -0.460. The Labute approximate surface area is 194 Å². The normalized spacial score (nSPS) is 16.7. The Morgan fingerprint density at radius 2 is 0.853 bits per heavy atom. The smallest absolute Gasteiger partial charge is 0.200 e. The lowest BCUT2D eigenvalue weighted by Crippen LogP contribution is -2.74. The van der Waals surface area contributed by atoms with E-state index in [0.29, 0.717) is 19.3 Å². The van der Waals surface area contributed by atoms with Crippen molar-refractivity contribution in [3.8, 4) is 0 Å². The van der Waals surface area contributed by atoms with E-state index in [2.05, 4.69) is 0 Å². The highest BCUT2D eigenvalue weighted by Gasteiger charge is 2.95. The maximum absolute atomic E-state index is 13.8. The zero-order chi connectivity index (χ0) is 27.8. The van der Waals surface area contributed by atoms with Crippen LogP contribution in [-0.4, -0.2) is 51.6 Å². The second-order valence-corrected chi connectivity index (χ2v) is 9.06. The number of hydrogen-bond donors (Lipinski definition) is 0. The number of unbranched alkanes of at least 4 members (excludes halogenated alkanes) is 3. The third-order valence-electron chi connectivity index (χ3n) is 4.64. The molecule has 0 spiro atoms. The van der Waals surface area contributed by atoms with Crippen LogP contribution in [0.2, 0.25) is 0 Å². The van der Waals surface area contributed by atoms with E-state index in [-0.39, 0.29) is 12.8 Å². The van der Waals surface area contributed by atoms with Crippen molar-refractivity contribution in [2.24, 2.45) is 0 Å². The van der Waals surface area contributed by atoms with E-state index in [1.54, 1.807) is 6.92 Å². The van der Waals surface area contributed by atoms with Crippen LogP contribution in [0.1, 0.15) is 45.4 Å². The van der Waals surface area contributed by atoms with Gasteiger partial charge in [0.1, 0.15) is 0 Å². The molecule has 0 amide bonds. The van der Waals surface area contributed by atoms with E-state index in [1.807, 2.05) is 0 Å². The Morgan fingerprint density at radius 1 is 0.500 bits per heavy atom. The Balaban J connectivity index is 6.25. The summed E-state index contributed by atoms with van der Waals surface area (Å²) in [6, 6.07) is 0. The summed E-state index contributed by atoms with van der Waals surface area (Å²) in [5, 5.41) is 0. The number of halogens is 18. The topological polar surface area (TPSA) is 0 Å². The lowest BCUT2D eigenvalue weighted by molar-refractivity contribution is -0.461. The zero-order valence-electron chi connectivity index (χ0n) is 16.6. The molecule has 0 bridgehead atoms. The van der Waals surface area contributed by atoms with Gasteiger partial charge in [-0.25, -0.2) is 0 Å². The van der Waals surface area contributed by atoms with E-state index in [0.717, 1.165) is 22.6 Å². The summed E-state index contributed by atoms with van der Waals surface area (Å²) in [5.41, 5.74) is 0. The molecule has 0 fully saturated rings. The van der Waals surface area contributed by atoms with Crippen molar-refractivity contribution in [3.05, 3.63) is 0 Å². The van der Waals surface area contributed by atoms with Crippen molar-refractivity contribution in [2.75, 3.05) is 0 Å². The van der Waals surface area contributed by atoms with E-state index in [1.165, 1.54) is 0 Å². The Bertz CT molecular complexity index is 667. The van der Waals surface area contributed by atoms with E-state index in [4.69, 9.17) is 0 Å². The quantitative estimate of drug-likeness (QED) is 0.0802. The van der Waals surface area contributed by atoms with Crippen LogP contribution in [0.25, 0.3) is 0 Å². The van der Waals surface area contributed by atoms with Gasteiger partial charge in [0, 0.05) is 10.3 Å². The standard InChI is InChI=1S/C16H16F17I/c1-2-3-4-5-6-8(34)7-9(17,18)10(19,20)11(21,22)12(23,24)13(25,26)14(27,28)15(29,30)16(31,32)33/h8H,2-7H2,1H3. The van der Waals surface area contributed by atoms with Gasteiger partial charge in [-0.1, -0.05) is 55.2 Å². The molecule has 0 aromatic heterocycles. The molecule has 18 heteroatoms. The fraction of sp³-hybridized carbons (Fsp3) is 1.00. The van der Waals surface area contributed by atoms with Gasteiger partial charge >= 0.3 is 47.6 Å². The summed E-state index contributed by atoms with van der Waals surface area (Å²) < 4.78 is 222. The van der Waals surface area contributed by atoms with Gasteiger partial charge < -0.3 is 0 Å². The molecule has 0 aliphatic carbocycles. The minimum absolute atomic E-state index is 0.0620. The molecule has 1 unspecified atom stereocenters. The third kappa shape index (κ3) is 5.44. The van der Waals surface area contributed by atoms with Gasteiger partial charge in [0.15, 0.2) is 0 Å². The molecule has 0 saturated carbocycles. The van der Waals surface area contributed by atoms with Crippen molar-refractivity contribution in [1.82, 2.24) is 0 Å². The van der Waals surface area contributed by atoms with Crippen LogP contribution in [0.3, 0.4) is 0 Å². The van der Waals surface area contributed by atoms with Crippen LogP contribution in [-0.2, 0) is 0 Å². The van der Waals surface area contributed by atoms with Crippen molar-refractivity contribution in [1.29, 1.82) is 0 Å². The van der Waals surface area contributed by atoms with Gasteiger partial charge in [0.05, 0.1) is 0 Å². The van der Waals surface area contributed by atoms with Crippen LogP contribution in [0, 0.1) is 0 Å². The molecule has 0 N–H and O–H groups in total. The molecule has 206 valence electrons. The average Bonchev–Trinajstić information content (AvgIpc) is 2.62. The molecule has 1 atom stereocenters. The maximum Gasteiger partial charge on any atom is 0.460 e. The van der Waals surface area contributed by atoms with E-state index >= 15 is 0 Å². The molecule has 0 radical (unpaired) electrons. The van der Waals surface area contributed by atoms with Crippen LogP contribution >= 0.6 is 22.6 Å². The first-order valence-electron chi connectivity index (χ1n) is 9.06. The summed E-state index contributed by atoms with van der Waals surface area (Å²) in [7, 11) is 0. The molecule has 0 aliphatic heterocycles. The van der Waals surface area contributed by atoms with Crippen LogP contribution in [0.4, 0.5) is 74.6 Å². The van der Waals surface area contributed by atoms with Gasteiger partial charge in [-0.15, -0.1) is 0 Å². The maximum atomic E-state index is 13.8.